The van der Waals surface area contributed by atoms with Gasteiger partial charge in [-0.2, -0.15) is 4.72 Å². The van der Waals surface area contributed by atoms with Crippen LogP contribution in [0.2, 0.25) is 5.02 Å². The Morgan fingerprint density at radius 1 is 1.40 bits per heavy atom. The molecule has 0 bridgehead atoms. The predicted octanol–water partition coefficient (Wildman–Crippen LogP) is 1.48. The Labute approximate surface area is 148 Å². The van der Waals surface area contributed by atoms with Crippen LogP contribution in [0.5, 0.6) is 0 Å². The molecule has 25 heavy (non-hydrogen) atoms. The molecule has 1 aliphatic heterocycles. The molecule has 1 amide bonds. The summed E-state index contributed by atoms with van der Waals surface area (Å²) in [4.78, 5) is 21.8. The quantitative estimate of drug-likeness (QED) is 0.861. The highest BCUT2D eigenvalue weighted by molar-refractivity contribution is 7.89. The fraction of sp³-hybridized carbons (Fsp3) is 0.267. The van der Waals surface area contributed by atoms with Gasteiger partial charge in [0.2, 0.25) is 15.9 Å². The van der Waals surface area contributed by atoms with Crippen molar-refractivity contribution < 1.29 is 17.6 Å². The molecule has 1 unspecified atom stereocenters. The molecule has 1 atom stereocenters. The SMILES string of the molecule is CC(NS(=O)(=O)c1ccc(F)c(Cl)c1)C(=O)N1Cc2cncnc2C1. The number of carbonyl (C=O) groups excluding carboxylic acids is 1. The molecule has 0 fully saturated rings. The van der Waals surface area contributed by atoms with Gasteiger partial charge in [0, 0.05) is 18.3 Å². The van der Waals surface area contributed by atoms with Gasteiger partial charge in [-0.25, -0.2) is 22.8 Å². The Bertz CT molecular complexity index is 913. The molecular weight excluding hydrogens is 371 g/mol. The van der Waals surface area contributed by atoms with Crippen LogP contribution in [0.1, 0.15) is 18.2 Å². The lowest BCUT2D eigenvalue weighted by Gasteiger charge is -2.21. The molecule has 132 valence electrons. The maximum absolute atomic E-state index is 13.2. The molecule has 0 saturated carbocycles. The predicted molar refractivity (Wildman–Crippen MR) is 87.5 cm³/mol. The highest BCUT2D eigenvalue weighted by Gasteiger charge is 2.30. The van der Waals surface area contributed by atoms with E-state index in [4.69, 9.17) is 11.6 Å². The molecule has 0 spiro atoms. The standard InChI is InChI=1S/C15H14ClFN4O3S/c1-9(15(22)21-6-10-5-18-8-19-14(10)7-21)20-25(23,24)11-2-3-13(17)12(16)4-11/h2-5,8-9,20H,6-7H2,1H3. The summed E-state index contributed by atoms with van der Waals surface area (Å²) >= 11 is 5.62. The van der Waals surface area contributed by atoms with Crippen LogP contribution in [0.4, 0.5) is 4.39 Å². The lowest BCUT2D eigenvalue weighted by molar-refractivity contribution is -0.133. The first-order chi connectivity index (χ1) is 11.8. The summed E-state index contributed by atoms with van der Waals surface area (Å²) in [5.74, 6) is -1.12. The monoisotopic (exact) mass is 384 g/mol. The number of sulfonamides is 1. The Morgan fingerprint density at radius 2 is 2.16 bits per heavy atom. The van der Waals surface area contributed by atoms with Gasteiger partial charge >= 0.3 is 0 Å². The molecule has 0 radical (unpaired) electrons. The van der Waals surface area contributed by atoms with Gasteiger partial charge in [0.15, 0.2) is 0 Å². The van der Waals surface area contributed by atoms with Crippen molar-refractivity contribution in [3.63, 3.8) is 0 Å². The van der Waals surface area contributed by atoms with Crippen molar-refractivity contribution in [3.05, 3.63) is 52.8 Å². The molecule has 1 aromatic heterocycles. The second kappa shape index (κ2) is 6.66. The van der Waals surface area contributed by atoms with Crippen molar-refractivity contribution in [1.82, 2.24) is 19.6 Å². The summed E-state index contributed by atoms with van der Waals surface area (Å²) < 4.78 is 40.2. The number of amides is 1. The third-order valence-corrected chi connectivity index (χ3v) is 5.63. The summed E-state index contributed by atoms with van der Waals surface area (Å²) in [5, 5.41) is -0.310. The van der Waals surface area contributed by atoms with E-state index in [-0.39, 0.29) is 9.92 Å². The zero-order valence-electron chi connectivity index (χ0n) is 13.1. The second-order valence-corrected chi connectivity index (χ2v) is 7.73. The minimum atomic E-state index is -4.02. The average molecular weight is 385 g/mol. The highest BCUT2D eigenvalue weighted by atomic mass is 35.5. The molecule has 2 heterocycles. The normalized spacial score (nSPS) is 15.1. The summed E-state index contributed by atoms with van der Waals surface area (Å²) in [6, 6.07) is 2.04. The Kier molecular flexibility index (Phi) is 4.72. The number of benzene rings is 1. The van der Waals surface area contributed by atoms with Gasteiger partial charge in [0.25, 0.3) is 0 Å². The summed E-state index contributed by atoms with van der Waals surface area (Å²) in [7, 11) is -4.02. The zero-order chi connectivity index (χ0) is 18.2. The van der Waals surface area contributed by atoms with E-state index in [1.165, 1.54) is 18.2 Å². The lowest BCUT2D eigenvalue weighted by atomic mass is 10.3. The lowest BCUT2D eigenvalue weighted by Crippen LogP contribution is -2.45. The first-order valence-electron chi connectivity index (χ1n) is 7.32. The zero-order valence-corrected chi connectivity index (χ0v) is 14.7. The number of hydrogen-bond donors (Lipinski definition) is 1. The number of aromatic nitrogens is 2. The van der Waals surface area contributed by atoms with Crippen LogP contribution in [0.3, 0.4) is 0 Å². The van der Waals surface area contributed by atoms with Crippen molar-refractivity contribution >= 4 is 27.5 Å². The third kappa shape index (κ3) is 3.63. The number of nitrogens with zero attached hydrogens (tertiary/aromatic N) is 3. The van der Waals surface area contributed by atoms with E-state index in [2.05, 4.69) is 14.7 Å². The molecule has 1 aromatic carbocycles. The maximum atomic E-state index is 13.2. The number of nitrogens with one attached hydrogen (secondary N) is 1. The fourth-order valence-corrected chi connectivity index (χ4v) is 3.99. The van der Waals surface area contributed by atoms with Gasteiger partial charge in [-0.15, -0.1) is 0 Å². The summed E-state index contributed by atoms with van der Waals surface area (Å²) in [5.41, 5.74) is 1.57. The topological polar surface area (TPSA) is 92.3 Å². The van der Waals surface area contributed by atoms with Crippen LogP contribution in [0.25, 0.3) is 0 Å². The van der Waals surface area contributed by atoms with Crippen molar-refractivity contribution in [2.24, 2.45) is 0 Å². The fourth-order valence-electron chi connectivity index (χ4n) is 2.53. The smallest absolute Gasteiger partial charge is 0.241 e. The minimum absolute atomic E-state index is 0.214. The molecule has 2 aromatic rings. The first kappa shape index (κ1) is 17.7. The van der Waals surface area contributed by atoms with E-state index in [1.807, 2.05) is 0 Å². The van der Waals surface area contributed by atoms with Crippen molar-refractivity contribution in [2.45, 2.75) is 31.0 Å². The van der Waals surface area contributed by atoms with Gasteiger partial charge in [-0.05, 0) is 25.1 Å². The molecule has 1 N–H and O–H groups in total. The van der Waals surface area contributed by atoms with Crippen LogP contribution in [0, 0.1) is 5.82 Å². The van der Waals surface area contributed by atoms with Gasteiger partial charge in [-0.3, -0.25) is 4.79 Å². The van der Waals surface area contributed by atoms with Gasteiger partial charge < -0.3 is 4.90 Å². The van der Waals surface area contributed by atoms with Crippen molar-refractivity contribution in [1.29, 1.82) is 0 Å². The van der Waals surface area contributed by atoms with Crippen LogP contribution >= 0.6 is 11.6 Å². The van der Waals surface area contributed by atoms with Crippen molar-refractivity contribution in [3.8, 4) is 0 Å². The van der Waals surface area contributed by atoms with E-state index >= 15 is 0 Å². The van der Waals surface area contributed by atoms with Crippen LogP contribution < -0.4 is 4.72 Å². The van der Waals surface area contributed by atoms with Gasteiger partial charge in [0.1, 0.15) is 12.1 Å². The van der Waals surface area contributed by atoms with E-state index in [0.29, 0.717) is 13.1 Å². The Morgan fingerprint density at radius 3 is 2.84 bits per heavy atom. The van der Waals surface area contributed by atoms with E-state index in [0.717, 1.165) is 29.5 Å². The number of halogens is 2. The van der Waals surface area contributed by atoms with Crippen LogP contribution in [-0.2, 0) is 27.9 Å². The van der Waals surface area contributed by atoms with Gasteiger partial charge in [0.05, 0.1) is 28.2 Å². The summed E-state index contributed by atoms with van der Waals surface area (Å²) in [6.45, 7) is 2.06. The van der Waals surface area contributed by atoms with Crippen LogP contribution in [-0.4, -0.2) is 35.2 Å². The van der Waals surface area contributed by atoms with Gasteiger partial charge in [-0.1, -0.05) is 11.6 Å². The highest BCUT2D eigenvalue weighted by Crippen LogP contribution is 2.22. The minimum Gasteiger partial charge on any atom is -0.331 e. The number of fused-ring (bicyclic) bond motifs is 1. The third-order valence-electron chi connectivity index (χ3n) is 3.80. The Hall–Kier alpha value is -2.10. The molecule has 0 saturated heterocycles. The largest absolute Gasteiger partial charge is 0.331 e. The molecule has 10 heteroatoms. The number of hydrogen-bond acceptors (Lipinski definition) is 5. The van der Waals surface area contributed by atoms with E-state index in [9.17, 15) is 17.6 Å². The molecular formula is C15H14ClFN4O3S. The van der Waals surface area contributed by atoms with E-state index < -0.39 is 27.8 Å². The molecule has 1 aliphatic rings. The molecule has 0 aliphatic carbocycles. The number of rotatable bonds is 4. The average Bonchev–Trinajstić information content (AvgIpc) is 3.00. The first-order valence-corrected chi connectivity index (χ1v) is 9.18. The van der Waals surface area contributed by atoms with Crippen LogP contribution in [0.15, 0.2) is 35.6 Å². The maximum Gasteiger partial charge on any atom is 0.241 e. The molecule has 7 nitrogen and oxygen atoms in total. The molecule has 3 rings (SSSR count). The Balaban J connectivity index is 1.72. The number of carbonyl (C=O) groups is 1. The van der Waals surface area contributed by atoms with E-state index in [1.54, 1.807) is 6.20 Å². The van der Waals surface area contributed by atoms with Crippen molar-refractivity contribution in [2.75, 3.05) is 0 Å². The second-order valence-electron chi connectivity index (χ2n) is 5.61. The summed E-state index contributed by atoms with van der Waals surface area (Å²) in [6.07, 6.45) is 3.03.